The third-order valence-corrected chi connectivity index (χ3v) is 8.45. The lowest BCUT2D eigenvalue weighted by molar-refractivity contribution is -0.119. The number of hydrogen-bond acceptors (Lipinski definition) is 5. The van der Waals surface area contributed by atoms with Gasteiger partial charge in [0.05, 0.1) is 12.0 Å². The minimum Gasteiger partial charge on any atom is -0.461 e. The van der Waals surface area contributed by atoms with Crippen molar-refractivity contribution in [3.8, 4) is 11.6 Å². The Balaban J connectivity index is 1.24. The van der Waals surface area contributed by atoms with Gasteiger partial charge in [-0.25, -0.2) is 0 Å². The summed E-state index contributed by atoms with van der Waals surface area (Å²) < 4.78 is 7.83. The fraction of sp³-hybridized carbons (Fsp3) is 0.696. The molecule has 3 aliphatic carbocycles. The molecule has 0 saturated heterocycles. The van der Waals surface area contributed by atoms with Gasteiger partial charge in [0.2, 0.25) is 11.7 Å². The Hall–Kier alpha value is -1.76. The van der Waals surface area contributed by atoms with E-state index in [1.54, 1.807) is 6.26 Å². The zero-order chi connectivity index (χ0) is 20.5. The number of nitrogens with zero attached hydrogens (tertiary/aromatic N) is 3. The van der Waals surface area contributed by atoms with Gasteiger partial charge in [0.1, 0.15) is 0 Å². The van der Waals surface area contributed by atoms with E-state index in [1.807, 2.05) is 12.1 Å². The lowest BCUT2D eigenvalue weighted by Crippen LogP contribution is -2.41. The summed E-state index contributed by atoms with van der Waals surface area (Å²) in [5.41, 5.74) is 0. The van der Waals surface area contributed by atoms with Crippen LogP contribution in [-0.2, 0) is 4.79 Å². The van der Waals surface area contributed by atoms with Gasteiger partial charge in [-0.3, -0.25) is 9.36 Å². The average Bonchev–Trinajstić information content (AvgIpc) is 3.56. The molecule has 2 aromatic rings. The summed E-state index contributed by atoms with van der Waals surface area (Å²) in [6, 6.07) is 4.46. The summed E-state index contributed by atoms with van der Waals surface area (Å²) in [5.74, 6) is 4.40. The van der Waals surface area contributed by atoms with Gasteiger partial charge in [-0.2, -0.15) is 0 Å². The summed E-state index contributed by atoms with van der Waals surface area (Å²) in [4.78, 5) is 12.7. The first kappa shape index (κ1) is 20.2. The van der Waals surface area contributed by atoms with E-state index in [9.17, 15) is 4.79 Å². The third kappa shape index (κ3) is 4.05. The Morgan fingerprint density at radius 2 is 2.10 bits per heavy atom. The predicted octanol–water partition coefficient (Wildman–Crippen LogP) is 5.08. The fourth-order valence-corrected chi connectivity index (χ4v) is 6.87. The van der Waals surface area contributed by atoms with Gasteiger partial charge >= 0.3 is 0 Å². The Morgan fingerprint density at radius 3 is 2.80 bits per heavy atom. The molecule has 1 amide bonds. The minimum absolute atomic E-state index is 0.105. The Bertz CT molecular complexity index is 859. The molecule has 5 rings (SSSR count). The van der Waals surface area contributed by atoms with Gasteiger partial charge in [-0.05, 0) is 68.9 Å². The highest BCUT2D eigenvalue weighted by molar-refractivity contribution is 7.99. The maximum absolute atomic E-state index is 12.7. The number of fused-ring (bicyclic) bond motifs is 2. The number of rotatable bonds is 7. The Labute approximate surface area is 182 Å². The molecule has 0 spiro atoms. The zero-order valence-electron chi connectivity index (χ0n) is 17.8. The quantitative estimate of drug-likeness (QED) is 0.623. The van der Waals surface area contributed by atoms with Crippen LogP contribution < -0.4 is 5.32 Å². The lowest BCUT2D eigenvalue weighted by Gasteiger charge is -2.28. The largest absolute Gasteiger partial charge is 0.461 e. The molecule has 0 aromatic carbocycles. The second kappa shape index (κ2) is 8.77. The lowest BCUT2D eigenvalue weighted by atomic mass is 9.84. The molecule has 162 valence electrons. The first-order valence-electron chi connectivity index (χ1n) is 11.6. The molecule has 3 saturated carbocycles. The summed E-state index contributed by atoms with van der Waals surface area (Å²) in [6.45, 7) is 2.19. The monoisotopic (exact) mass is 428 g/mol. The van der Waals surface area contributed by atoms with Crippen LogP contribution in [0.4, 0.5) is 0 Å². The molecular weight excluding hydrogens is 396 g/mol. The van der Waals surface area contributed by atoms with Crippen molar-refractivity contribution in [2.75, 3.05) is 5.75 Å². The van der Waals surface area contributed by atoms with Crippen LogP contribution in [0.25, 0.3) is 11.6 Å². The molecule has 0 aliphatic heterocycles. The number of carbonyl (C=O) groups excluding carboxylic acids is 1. The maximum Gasteiger partial charge on any atom is 0.230 e. The molecule has 2 heterocycles. The second-order valence-electron chi connectivity index (χ2n) is 9.43. The summed E-state index contributed by atoms with van der Waals surface area (Å²) in [6.07, 6.45) is 13.1. The topological polar surface area (TPSA) is 73.0 Å². The number of furan rings is 1. The molecule has 3 aliphatic rings. The van der Waals surface area contributed by atoms with E-state index in [2.05, 4.69) is 27.0 Å². The summed E-state index contributed by atoms with van der Waals surface area (Å²) >= 11 is 1.50. The van der Waals surface area contributed by atoms with Gasteiger partial charge in [0.15, 0.2) is 10.9 Å². The molecule has 7 heteroatoms. The standard InChI is InChI=1S/C23H32N4O2S/c1-15(19-13-16-9-10-17(19)12-16)24-21(28)14-30-23-26-25-22(20-8-5-11-29-20)27(23)18-6-3-2-4-7-18/h5,8,11,15-19H,2-4,6-7,9-10,12-14H2,1H3,(H,24,28). The van der Waals surface area contributed by atoms with Crippen molar-refractivity contribution in [3.05, 3.63) is 18.4 Å². The first-order chi connectivity index (χ1) is 14.7. The highest BCUT2D eigenvalue weighted by Crippen LogP contribution is 2.49. The number of hydrogen-bond donors (Lipinski definition) is 1. The van der Waals surface area contributed by atoms with E-state index in [-0.39, 0.29) is 11.9 Å². The average molecular weight is 429 g/mol. The van der Waals surface area contributed by atoms with Crippen LogP contribution in [0.15, 0.2) is 28.0 Å². The van der Waals surface area contributed by atoms with Gasteiger partial charge < -0.3 is 9.73 Å². The molecule has 0 radical (unpaired) electrons. The van der Waals surface area contributed by atoms with E-state index >= 15 is 0 Å². The van der Waals surface area contributed by atoms with Crippen molar-refractivity contribution < 1.29 is 9.21 Å². The second-order valence-corrected chi connectivity index (χ2v) is 10.4. The maximum atomic E-state index is 12.7. The smallest absolute Gasteiger partial charge is 0.230 e. The van der Waals surface area contributed by atoms with Gasteiger partial charge in [-0.15, -0.1) is 10.2 Å². The minimum atomic E-state index is 0.105. The van der Waals surface area contributed by atoms with Gasteiger partial charge in [-0.1, -0.05) is 37.4 Å². The summed E-state index contributed by atoms with van der Waals surface area (Å²) in [7, 11) is 0. The SMILES string of the molecule is CC(NC(=O)CSc1nnc(-c2ccco2)n1C1CCCCC1)C1CC2CCC1C2. The van der Waals surface area contributed by atoms with E-state index in [0.717, 1.165) is 41.4 Å². The molecule has 6 nitrogen and oxygen atoms in total. The van der Waals surface area contributed by atoms with Gasteiger partial charge in [0, 0.05) is 12.1 Å². The van der Waals surface area contributed by atoms with Crippen molar-refractivity contribution in [2.24, 2.45) is 17.8 Å². The predicted molar refractivity (Wildman–Crippen MR) is 117 cm³/mol. The number of aromatic nitrogens is 3. The van der Waals surface area contributed by atoms with E-state index in [1.165, 1.54) is 56.7 Å². The van der Waals surface area contributed by atoms with Crippen molar-refractivity contribution in [1.29, 1.82) is 0 Å². The van der Waals surface area contributed by atoms with Crippen LogP contribution in [-0.4, -0.2) is 32.5 Å². The molecular formula is C23H32N4O2S. The fourth-order valence-electron chi connectivity index (χ4n) is 6.06. The van der Waals surface area contributed by atoms with Crippen LogP contribution >= 0.6 is 11.8 Å². The molecule has 1 N–H and O–H groups in total. The van der Waals surface area contributed by atoms with Crippen molar-refractivity contribution in [2.45, 2.75) is 82.0 Å². The van der Waals surface area contributed by atoms with Crippen molar-refractivity contribution in [1.82, 2.24) is 20.1 Å². The Morgan fingerprint density at radius 1 is 1.23 bits per heavy atom. The highest BCUT2D eigenvalue weighted by Gasteiger charge is 2.42. The van der Waals surface area contributed by atoms with E-state index in [4.69, 9.17) is 4.42 Å². The van der Waals surface area contributed by atoms with Crippen LogP contribution in [0.3, 0.4) is 0 Å². The number of thioether (sulfide) groups is 1. The highest BCUT2D eigenvalue weighted by atomic mass is 32.2. The normalized spacial score (nSPS) is 27.4. The third-order valence-electron chi connectivity index (χ3n) is 7.50. The zero-order valence-corrected chi connectivity index (χ0v) is 18.6. The number of nitrogens with one attached hydrogen (secondary N) is 1. The van der Waals surface area contributed by atoms with Crippen LogP contribution in [0.2, 0.25) is 0 Å². The summed E-state index contributed by atoms with van der Waals surface area (Å²) in [5, 5.41) is 13.0. The van der Waals surface area contributed by atoms with Crippen LogP contribution in [0, 0.1) is 17.8 Å². The molecule has 30 heavy (non-hydrogen) atoms. The molecule has 2 aromatic heterocycles. The van der Waals surface area contributed by atoms with Crippen LogP contribution in [0.1, 0.15) is 70.8 Å². The molecule has 3 fully saturated rings. The van der Waals surface area contributed by atoms with Crippen molar-refractivity contribution >= 4 is 17.7 Å². The van der Waals surface area contributed by atoms with Crippen molar-refractivity contribution in [3.63, 3.8) is 0 Å². The van der Waals surface area contributed by atoms with Gasteiger partial charge in [0.25, 0.3) is 0 Å². The van der Waals surface area contributed by atoms with E-state index in [0.29, 0.717) is 17.7 Å². The molecule has 2 bridgehead atoms. The molecule has 4 unspecified atom stereocenters. The Kier molecular flexibility index (Phi) is 5.89. The van der Waals surface area contributed by atoms with Crippen LogP contribution in [0.5, 0.6) is 0 Å². The van der Waals surface area contributed by atoms with E-state index < -0.39 is 0 Å². The first-order valence-corrected chi connectivity index (χ1v) is 12.6. The number of amides is 1. The number of carbonyl (C=O) groups is 1. The molecule has 4 atom stereocenters.